The average Bonchev–Trinajstić information content (AvgIpc) is 1.66. The van der Waals surface area contributed by atoms with E-state index in [-0.39, 0.29) is 0 Å². The van der Waals surface area contributed by atoms with E-state index >= 15 is 0 Å². The summed E-state index contributed by atoms with van der Waals surface area (Å²) in [6.45, 7) is 5.29. The van der Waals surface area contributed by atoms with E-state index in [1.807, 2.05) is 6.08 Å². The number of hydrogen-bond donors (Lipinski definition) is 1. The van der Waals surface area contributed by atoms with Crippen LogP contribution in [0.25, 0.3) is 0 Å². The highest BCUT2D eigenvalue weighted by Crippen LogP contribution is 1.82. The third-order valence-electron chi connectivity index (χ3n) is 0.671. The molecule has 0 atom stereocenters. The largest absolute Gasteiger partial charge is 0.306 e. The first-order valence-electron chi connectivity index (χ1n) is 2.60. The lowest BCUT2D eigenvalue weighted by atomic mass is 10.3. The van der Waals surface area contributed by atoms with Crippen molar-refractivity contribution >= 4 is 5.71 Å². The standard InChI is InChI=1S/C7H11N/c1-3-4-5-6-7(2)8/h3,5-6,8H,1,4H2,2H3/b6-5+,8-7?. The molecule has 0 aliphatic heterocycles. The summed E-state index contributed by atoms with van der Waals surface area (Å²) in [7, 11) is 0. The zero-order chi connectivity index (χ0) is 6.41. The minimum Gasteiger partial charge on any atom is -0.306 e. The number of nitrogens with one attached hydrogen (secondary N) is 1. The van der Waals surface area contributed by atoms with E-state index in [4.69, 9.17) is 5.41 Å². The van der Waals surface area contributed by atoms with Crippen LogP contribution < -0.4 is 0 Å². The van der Waals surface area contributed by atoms with E-state index < -0.39 is 0 Å². The van der Waals surface area contributed by atoms with E-state index in [0.29, 0.717) is 5.71 Å². The molecule has 0 saturated heterocycles. The smallest absolute Gasteiger partial charge is 0.0279 e. The molecule has 0 aliphatic carbocycles. The average molecular weight is 109 g/mol. The monoisotopic (exact) mass is 109 g/mol. The Kier molecular flexibility index (Phi) is 3.85. The summed E-state index contributed by atoms with van der Waals surface area (Å²) in [5.41, 5.74) is 0.590. The quantitative estimate of drug-likeness (QED) is 0.424. The van der Waals surface area contributed by atoms with Crippen LogP contribution in [0.5, 0.6) is 0 Å². The Balaban J connectivity index is 3.34. The summed E-state index contributed by atoms with van der Waals surface area (Å²) < 4.78 is 0. The minimum atomic E-state index is 0.590. The Morgan fingerprint density at radius 3 is 2.75 bits per heavy atom. The first-order chi connectivity index (χ1) is 3.77. The van der Waals surface area contributed by atoms with Crippen LogP contribution in [0, 0.1) is 5.41 Å². The second-order valence-corrected chi connectivity index (χ2v) is 1.61. The molecule has 0 radical (unpaired) electrons. The maximum absolute atomic E-state index is 6.95. The van der Waals surface area contributed by atoms with Gasteiger partial charge in [0.15, 0.2) is 0 Å². The molecule has 0 saturated carbocycles. The molecule has 0 amide bonds. The van der Waals surface area contributed by atoms with Gasteiger partial charge in [-0.05, 0) is 19.4 Å². The summed E-state index contributed by atoms with van der Waals surface area (Å²) in [6.07, 6.45) is 6.34. The molecule has 44 valence electrons. The molecule has 0 rings (SSSR count). The van der Waals surface area contributed by atoms with Crippen molar-refractivity contribution < 1.29 is 0 Å². The van der Waals surface area contributed by atoms with Gasteiger partial charge in [-0.3, -0.25) is 0 Å². The van der Waals surface area contributed by atoms with Gasteiger partial charge in [-0.15, -0.1) is 6.58 Å². The molecule has 0 aromatic heterocycles. The molecule has 0 unspecified atom stereocenters. The van der Waals surface area contributed by atoms with Crippen LogP contribution in [0.15, 0.2) is 24.8 Å². The maximum Gasteiger partial charge on any atom is 0.0279 e. The molecule has 0 aromatic rings. The van der Waals surface area contributed by atoms with Gasteiger partial charge in [0.1, 0.15) is 0 Å². The van der Waals surface area contributed by atoms with Gasteiger partial charge in [0, 0.05) is 5.71 Å². The SMILES string of the molecule is C=CC/C=C/C(C)=N. The highest BCUT2D eigenvalue weighted by Gasteiger charge is 1.71. The molecule has 1 nitrogen and oxygen atoms in total. The predicted octanol–water partition coefficient (Wildman–Crippen LogP) is 2.16. The van der Waals surface area contributed by atoms with Gasteiger partial charge in [0.2, 0.25) is 0 Å². The molecule has 0 bridgehead atoms. The fourth-order valence-electron chi connectivity index (χ4n) is 0.341. The van der Waals surface area contributed by atoms with E-state index in [9.17, 15) is 0 Å². The van der Waals surface area contributed by atoms with Crippen LogP contribution in [0.3, 0.4) is 0 Å². The van der Waals surface area contributed by atoms with Gasteiger partial charge in [0.05, 0.1) is 0 Å². The van der Waals surface area contributed by atoms with Crippen LogP contribution in [0.1, 0.15) is 13.3 Å². The summed E-state index contributed by atoms with van der Waals surface area (Å²) >= 11 is 0. The van der Waals surface area contributed by atoms with Crippen LogP contribution >= 0.6 is 0 Å². The second kappa shape index (κ2) is 4.31. The molecular formula is C7H11N. The zero-order valence-corrected chi connectivity index (χ0v) is 5.15. The lowest BCUT2D eigenvalue weighted by Gasteiger charge is -1.79. The van der Waals surface area contributed by atoms with Gasteiger partial charge < -0.3 is 5.41 Å². The Hall–Kier alpha value is -0.850. The molecule has 0 aliphatic rings. The number of hydrogen-bond acceptors (Lipinski definition) is 1. The number of rotatable bonds is 3. The maximum atomic E-state index is 6.95. The molecular weight excluding hydrogens is 98.1 g/mol. The molecule has 0 fully saturated rings. The van der Waals surface area contributed by atoms with Crippen molar-refractivity contribution in [2.45, 2.75) is 13.3 Å². The van der Waals surface area contributed by atoms with Gasteiger partial charge in [0.25, 0.3) is 0 Å². The fourth-order valence-corrected chi connectivity index (χ4v) is 0.341. The summed E-state index contributed by atoms with van der Waals surface area (Å²) in [6, 6.07) is 0. The Labute approximate surface area is 50.2 Å². The Morgan fingerprint density at radius 2 is 2.38 bits per heavy atom. The zero-order valence-electron chi connectivity index (χ0n) is 5.15. The molecule has 0 spiro atoms. The third kappa shape index (κ3) is 5.15. The van der Waals surface area contributed by atoms with Crippen molar-refractivity contribution in [3.8, 4) is 0 Å². The molecule has 0 aromatic carbocycles. The molecule has 0 heterocycles. The van der Waals surface area contributed by atoms with Crippen molar-refractivity contribution in [3.05, 3.63) is 24.8 Å². The Morgan fingerprint density at radius 1 is 1.75 bits per heavy atom. The van der Waals surface area contributed by atoms with Crippen LogP contribution in [0.2, 0.25) is 0 Å². The van der Waals surface area contributed by atoms with Gasteiger partial charge in [-0.2, -0.15) is 0 Å². The van der Waals surface area contributed by atoms with Crippen LogP contribution in [-0.4, -0.2) is 5.71 Å². The first kappa shape index (κ1) is 7.15. The second-order valence-electron chi connectivity index (χ2n) is 1.61. The van der Waals surface area contributed by atoms with Crippen molar-refractivity contribution in [1.82, 2.24) is 0 Å². The van der Waals surface area contributed by atoms with Gasteiger partial charge >= 0.3 is 0 Å². The predicted molar refractivity (Wildman–Crippen MR) is 37.4 cm³/mol. The fraction of sp³-hybridized carbons (Fsp3) is 0.286. The lowest BCUT2D eigenvalue weighted by Crippen LogP contribution is -1.75. The minimum absolute atomic E-state index is 0.590. The van der Waals surface area contributed by atoms with E-state index in [1.54, 1.807) is 19.1 Å². The van der Waals surface area contributed by atoms with E-state index in [0.717, 1.165) is 6.42 Å². The normalized spacial score (nSPS) is 9.62. The van der Waals surface area contributed by atoms with Crippen molar-refractivity contribution in [1.29, 1.82) is 5.41 Å². The van der Waals surface area contributed by atoms with E-state index in [2.05, 4.69) is 6.58 Å². The van der Waals surface area contributed by atoms with Gasteiger partial charge in [-0.25, -0.2) is 0 Å². The van der Waals surface area contributed by atoms with Crippen molar-refractivity contribution in [2.24, 2.45) is 0 Å². The summed E-state index contributed by atoms with van der Waals surface area (Å²) in [4.78, 5) is 0. The number of allylic oxidation sites excluding steroid dienone is 3. The highest BCUT2D eigenvalue weighted by molar-refractivity contribution is 5.89. The third-order valence-corrected chi connectivity index (χ3v) is 0.671. The first-order valence-corrected chi connectivity index (χ1v) is 2.60. The summed E-state index contributed by atoms with van der Waals surface area (Å²) in [5.74, 6) is 0. The Bertz CT molecular complexity index is 112. The van der Waals surface area contributed by atoms with E-state index in [1.165, 1.54) is 0 Å². The summed E-state index contributed by atoms with van der Waals surface area (Å²) in [5, 5.41) is 6.95. The van der Waals surface area contributed by atoms with Crippen molar-refractivity contribution in [3.63, 3.8) is 0 Å². The molecule has 1 N–H and O–H groups in total. The van der Waals surface area contributed by atoms with Crippen LogP contribution in [0.4, 0.5) is 0 Å². The van der Waals surface area contributed by atoms with Gasteiger partial charge in [-0.1, -0.05) is 12.2 Å². The topological polar surface area (TPSA) is 23.9 Å². The molecule has 1 heteroatoms. The lowest BCUT2D eigenvalue weighted by molar-refractivity contribution is 1.40. The highest BCUT2D eigenvalue weighted by atomic mass is 14.4. The molecule has 8 heavy (non-hydrogen) atoms. The van der Waals surface area contributed by atoms with Crippen LogP contribution in [-0.2, 0) is 0 Å². The van der Waals surface area contributed by atoms with Crippen molar-refractivity contribution in [2.75, 3.05) is 0 Å².